The molecule has 0 aromatic carbocycles. The van der Waals surface area contributed by atoms with E-state index in [9.17, 15) is 18.0 Å². The van der Waals surface area contributed by atoms with Crippen molar-refractivity contribution in [2.45, 2.75) is 25.8 Å². The average molecular weight is 344 g/mol. The van der Waals surface area contributed by atoms with E-state index in [1.807, 2.05) is 6.92 Å². The van der Waals surface area contributed by atoms with E-state index in [4.69, 9.17) is 4.74 Å². The van der Waals surface area contributed by atoms with Crippen LogP contribution in [0.2, 0.25) is 0 Å². The lowest BCUT2D eigenvalue weighted by atomic mass is 10.1. The molecule has 3 unspecified atom stereocenters. The summed E-state index contributed by atoms with van der Waals surface area (Å²) in [6, 6.07) is -0.225. The maximum atomic E-state index is 12.7. The van der Waals surface area contributed by atoms with Crippen LogP contribution in [0.3, 0.4) is 0 Å². The van der Waals surface area contributed by atoms with Gasteiger partial charge >= 0.3 is 0 Å². The molecule has 2 aliphatic heterocycles. The van der Waals surface area contributed by atoms with Crippen molar-refractivity contribution in [2.75, 3.05) is 44.4 Å². The fourth-order valence-corrected chi connectivity index (χ4v) is 5.32. The number of carbonyl (C=O) groups excluding carboxylic acids is 2. The minimum Gasteiger partial charge on any atom is -0.378 e. The molecule has 3 rings (SSSR count). The largest absolute Gasteiger partial charge is 0.378 e. The first-order chi connectivity index (χ1) is 10.9. The van der Waals surface area contributed by atoms with E-state index in [0.29, 0.717) is 45.7 Å². The van der Waals surface area contributed by atoms with E-state index in [0.717, 1.165) is 0 Å². The van der Waals surface area contributed by atoms with Crippen LogP contribution in [0.4, 0.5) is 0 Å². The van der Waals surface area contributed by atoms with Gasteiger partial charge in [-0.05, 0) is 19.8 Å². The summed E-state index contributed by atoms with van der Waals surface area (Å²) in [6.45, 7) is 4.65. The molecule has 3 atom stereocenters. The molecular weight excluding hydrogens is 320 g/mol. The highest BCUT2D eigenvalue weighted by molar-refractivity contribution is 7.91. The molecule has 0 aromatic rings. The van der Waals surface area contributed by atoms with E-state index < -0.39 is 9.84 Å². The van der Waals surface area contributed by atoms with E-state index in [2.05, 4.69) is 0 Å². The molecule has 1 aliphatic carbocycles. The van der Waals surface area contributed by atoms with E-state index >= 15 is 0 Å². The van der Waals surface area contributed by atoms with Crippen molar-refractivity contribution in [3.63, 3.8) is 0 Å². The molecule has 3 aliphatic rings. The maximum Gasteiger partial charge on any atom is 0.226 e. The highest BCUT2D eigenvalue weighted by Gasteiger charge is 2.52. The first-order valence-corrected chi connectivity index (χ1v) is 10.1. The maximum absolute atomic E-state index is 12.7. The average Bonchev–Trinajstić information content (AvgIpc) is 3.26. The quantitative estimate of drug-likeness (QED) is 0.688. The fraction of sp³-hybridized carbons (Fsp3) is 0.867. The highest BCUT2D eigenvalue weighted by atomic mass is 32.2. The van der Waals surface area contributed by atoms with Gasteiger partial charge in [0, 0.05) is 25.7 Å². The molecule has 0 aromatic heterocycles. The summed E-state index contributed by atoms with van der Waals surface area (Å²) in [5.41, 5.74) is 0. The van der Waals surface area contributed by atoms with Gasteiger partial charge in [-0.2, -0.15) is 0 Å². The number of nitrogens with zero attached hydrogens (tertiary/aromatic N) is 2. The number of rotatable bonds is 4. The summed E-state index contributed by atoms with van der Waals surface area (Å²) >= 11 is 0. The Morgan fingerprint density at radius 2 is 1.91 bits per heavy atom. The Labute approximate surface area is 136 Å². The molecular formula is C15H24N2O5S. The molecule has 2 heterocycles. The third kappa shape index (κ3) is 3.52. The number of amides is 2. The van der Waals surface area contributed by atoms with Crippen molar-refractivity contribution < 1.29 is 22.7 Å². The first kappa shape index (κ1) is 16.7. The zero-order chi connectivity index (χ0) is 16.6. The summed E-state index contributed by atoms with van der Waals surface area (Å²) < 4.78 is 28.5. The van der Waals surface area contributed by atoms with Crippen LogP contribution < -0.4 is 0 Å². The van der Waals surface area contributed by atoms with Gasteiger partial charge in [-0.3, -0.25) is 9.59 Å². The molecule has 7 nitrogen and oxygen atoms in total. The van der Waals surface area contributed by atoms with Crippen molar-refractivity contribution in [3.05, 3.63) is 0 Å². The highest BCUT2D eigenvalue weighted by Crippen LogP contribution is 2.42. The van der Waals surface area contributed by atoms with Crippen LogP contribution in [0.25, 0.3) is 0 Å². The predicted molar refractivity (Wildman–Crippen MR) is 83.4 cm³/mol. The van der Waals surface area contributed by atoms with Gasteiger partial charge in [-0.25, -0.2) is 8.42 Å². The second-order valence-corrected chi connectivity index (χ2v) is 8.80. The van der Waals surface area contributed by atoms with Gasteiger partial charge in [-0.1, -0.05) is 0 Å². The molecule has 1 saturated carbocycles. The molecule has 0 radical (unpaired) electrons. The molecule has 23 heavy (non-hydrogen) atoms. The van der Waals surface area contributed by atoms with Crippen LogP contribution in [0, 0.1) is 11.8 Å². The normalized spacial score (nSPS) is 32.6. The van der Waals surface area contributed by atoms with Gasteiger partial charge in [0.1, 0.15) is 0 Å². The Morgan fingerprint density at radius 1 is 1.22 bits per heavy atom. The lowest BCUT2D eigenvalue weighted by Crippen LogP contribution is -2.44. The van der Waals surface area contributed by atoms with E-state index in [1.54, 1.807) is 9.80 Å². The molecule has 3 fully saturated rings. The van der Waals surface area contributed by atoms with E-state index in [-0.39, 0.29) is 41.2 Å². The Balaban J connectivity index is 1.59. The second kappa shape index (κ2) is 6.39. The standard InChI is InChI=1S/C15H24N2O5S/c1-2-17(11-3-8-23(20,21)10-11)15(19)13-9-12(13)14(18)16-4-6-22-7-5-16/h11-13H,2-10H2,1H3. The van der Waals surface area contributed by atoms with E-state index in [1.165, 1.54) is 0 Å². The number of ether oxygens (including phenoxy) is 1. The Morgan fingerprint density at radius 3 is 2.48 bits per heavy atom. The van der Waals surface area contributed by atoms with Crippen molar-refractivity contribution in [1.29, 1.82) is 0 Å². The number of sulfone groups is 1. The lowest BCUT2D eigenvalue weighted by molar-refractivity contribution is -0.141. The van der Waals surface area contributed by atoms with Crippen molar-refractivity contribution in [1.82, 2.24) is 9.80 Å². The van der Waals surface area contributed by atoms with Crippen LogP contribution in [-0.4, -0.2) is 80.4 Å². The fourth-order valence-electron chi connectivity index (χ4n) is 3.59. The third-order valence-electron chi connectivity index (χ3n) is 5.02. The smallest absolute Gasteiger partial charge is 0.226 e. The first-order valence-electron chi connectivity index (χ1n) is 8.30. The SMILES string of the molecule is CCN(C(=O)C1CC1C(=O)N1CCOCC1)C1CCS(=O)(=O)C1. The van der Waals surface area contributed by atoms with Crippen LogP contribution in [0.5, 0.6) is 0 Å². The van der Waals surface area contributed by atoms with Crippen molar-refractivity contribution >= 4 is 21.7 Å². The molecule has 0 N–H and O–H groups in total. The van der Waals surface area contributed by atoms with Crippen LogP contribution in [0.15, 0.2) is 0 Å². The molecule has 8 heteroatoms. The summed E-state index contributed by atoms with van der Waals surface area (Å²) in [7, 11) is -3.02. The van der Waals surface area contributed by atoms with Crippen molar-refractivity contribution in [3.8, 4) is 0 Å². The summed E-state index contributed by atoms with van der Waals surface area (Å²) in [6.07, 6.45) is 1.10. The van der Waals surface area contributed by atoms with Crippen molar-refractivity contribution in [2.24, 2.45) is 11.8 Å². The molecule has 0 bridgehead atoms. The van der Waals surface area contributed by atoms with Crippen LogP contribution in [-0.2, 0) is 24.2 Å². The van der Waals surface area contributed by atoms with Gasteiger partial charge in [0.15, 0.2) is 9.84 Å². The zero-order valence-corrected chi connectivity index (χ0v) is 14.3. The van der Waals surface area contributed by atoms with Crippen LogP contribution in [0.1, 0.15) is 19.8 Å². The number of carbonyl (C=O) groups is 2. The summed E-state index contributed by atoms with van der Waals surface area (Å²) in [5, 5.41) is 0. The lowest BCUT2D eigenvalue weighted by Gasteiger charge is -2.28. The molecule has 0 spiro atoms. The zero-order valence-electron chi connectivity index (χ0n) is 13.4. The van der Waals surface area contributed by atoms with Crippen LogP contribution >= 0.6 is 0 Å². The monoisotopic (exact) mass is 344 g/mol. The third-order valence-corrected chi connectivity index (χ3v) is 6.77. The second-order valence-electron chi connectivity index (χ2n) is 6.57. The number of hydrogen-bond acceptors (Lipinski definition) is 5. The predicted octanol–water partition coefficient (Wildman–Crippen LogP) is -0.483. The molecule has 2 saturated heterocycles. The molecule has 2 amide bonds. The Kier molecular flexibility index (Phi) is 4.64. The topological polar surface area (TPSA) is 84.0 Å². The number of hydrogen-bond donors (Lipinski definition) is 0. The Bertz CT molecular complexity index is 585. The van der Waals surface area contributed by atoms with Gasteiger partial charge < -0.3 is 14.5 Å². The van der Waals surface area contributed by atoms with Gasteiger partial charge in [-0.15, -0.1) is 0 Å². The summed E-state index contributed by atoms with van der Waals surface area (Å²) in [4.78, 5) is 28.5. The minimum atomic E-state index is -3.02. The van der Waals surface area contributed by atoms with Gasteiger partial charge in [0.2, 0.25) is 11.8 Å². The van der Waals surface area contributed by atoms with Gasteiger partial charge in [0.25, 0.3) is 0 Å². The minimum absolute atomic E-state index is 0.0433. The molecule has 130 valence electrons. The summed E-state index contributed by atoms with van der Waals surface area (Å²) in [5.74, 6) is -0.298. The van der Waals surface area contributed by atoms with Gasteiger partial charge in [0.05, 0.1) is 36.6 Å². The Hall–Kier alpha value is -1.15. The number of morpholine rings is 1.